The number of hydrogen-bond donors (Lipinski definition) is 2. The Morgan fingerprint density at radius 2 is 1.88 bits per heavy atom. The summed E-state index contributed by atoms with van der Waals surface area (Å²) in [7, 11) is 0. The van der Waals surface area contributed by atoms with Gasteiger partial charge in [0.15, 0.2) is 5.69 Å². The van der Waals surface area contributed by atoms with Crippen LogP contribution in [0, 0.1) is 5.92 Å². The summed E-state index contributed by atoms with van der Waals surface area (Å²) >= 11 is 0. The van der Waals surface area contributed by atoms with E-state index in [-0.39, 0.29) is 12.3 Å². The summed E-state index contributed by atoms with van der Waals surface area (Å²) in [5.74, 6) is 0.152. The van der Waals surface area contributed by atoms with Gasteiger partial charge in [-0.2, -0.15) is 0 Å². The SMILES string of the molecule is CCOC(=O)c1ccccc1NC(=O)c1ccc(NCC(C)C)nn1. The number of nitrogens with one attached hydrogen (secondary N) is 2. The summed E-state index contributed by atoms with van der Waals surface area (Å²) in [5.41, 5.74) is 0.824. The lowest BCUT2D eigenvalue weighted by atomic mass is 10.1. The van der Waals surface area contributed by atoms with Crippen LogP contribution in [0.5, 0.6) is 0 Å². The van der Waals surface area contributed by atoms with E-state index in [0.717, 1.165) is 6.54 Å². The minimum Gasteiger partial charge on any atom is -0.462 e. The first kappa shape index (κ1) is 18.4. The maximum absolute atomic E-state index is 12.3. The van der Waals surface area contributed by atoms with Crippen LogP contribution in [0.2, 0.25) is 0 Å². The van der Waals surface area contributed by atoms with Gasteiger partial charge in [-0.1, -0.05) is 26.0 Å². The Bertz CT molecular complexity index is 729. The molecule has 1 amide bonds. The average Bonchev–Trinajstić information content (AvgIpc) is 2.61. The molecule has 2 rings (SSSR count). The Balaban J connectivity index is 2.08. The van der Waals surface area contributed by atoms with Crippen molar-refractivity contribution >= 4 is 23.4 Å². The molecule has 0 aliphatic carbocycles. The van der Waals surface area contributed by atoms with E-state index < -0.39 is 11.9 Å². The number of ether oxygens (including phenoxy) is 1. The van der Waals surface area contributed by atoms with E-state index >= 15 is 0 Å². The van der Waals surface area contributed by atoms with Gasteiger partial charge < -0.3 is 15.4 Å². The van der Waals surface area contributed by atoms with Crippen LogP contribution < -0.4 is 10.6 Å². The molecule has 2 N–H and O–H groups in total. The number of hydrogen-bond acceptors (Lipinski definition) is 6. The second kappa shape index (κ2) is 8.77. The van der Waals surface area contributed by atoms with Crippen molar-refractivity contribution in [3.05, 3.63) is 47.7 Å². The third-order valence-electron chi connectivity index (χ3n) is 3.26. The lowest BCUT2D eigenvalue weighted by Crippen LogP contribution is -2.18. The zero-order valence-corrected chi connectivity index (χ0v) is 14.6. The first-order valence-electron chi connectivity index (χ1n) is 8.16. The number of para-hydroxylation sites is 1. The van der Waals surface area contributed by atoms with Crippen LogP contribution >= 0.6 is 0 Å². The third kappa shape index (κ3) is 5.27. The van der Waals surface area contributed by atoms with Crippen molar-refractivity contribution in [2.45, 2.75) is 20.8 Å². The number of esters is 1. The first-order valence-corrected chi connectivity index (χ1v) is 8.16. The van der Waals surface area contributed by atoms with E-state index in [2.05, 4.69) is 34.7 Å². The molecule has 0 fully saturated rings. The topological polar surface area (TPSA) is 93.2 Å². The summed E-state index contributed by atoms with van der Waals surface area (Å²) in [5, 5.41) is 13.7. The number of anilines is 2. The monoisotopic (exact) mass is 342 g/mol. The van der Waals surface area contributed by atoms with E-state index in [1.54, 1.807) is 43.3 Å². The Hall–Kier alpha value is -2.96. The number of aromatic nitrogens is 2. The van der Waals surface area contributed by atoms with Crippen molar-refractivity contribution in [3.63, 3.8) is 0 Å². The fraction of sp³-hybridized carbons (Fsp3) is 0.333. The normalized spacial score (nSPS) is 10.4. The Kier molecular flexibility index (Phi) is 6.45. The largest absolute Gasteiger partial charge is 0.462 e. The fourth-order valence-electron chi connectivity index (χ4n) is 2.02. The molecule has 0 spiro atoms. The average molecular weight is 342 g/mol. The number of nitrogens with zero attached hydrogens (tertiary/aromatic N) is 2. The summed E-state index contributed by atoms with van der Waals surface area (Å²) in [4.78, 5) is 24.3. The van der Waals surface area contributed by atoms with Crippen molar-refractivity contribution in [1.29, 1.82) is 0 Å². The molecule has 0 aliphatic rings. The highest BCUT2D eigenvalue weighted by Crippen LogP contribution is 2.17. The molecule has 1 aromatic heterocycles. The van der Waals surface area contributed by atoms with E-state index in [1.165, 1.54) is 0 Å². The van der Waals surface area contributed by atoms with Gasteiger partial charge in [-0.05, 0) is 37.1 Å². The quantitative estimate of drug-likeness (QED) is 0.752. The number of amides is 1. The van der Waals surface area contributed by atoms with Gasteiger partial charge in [0.25, 0.3) is 5.91 Å². The van der Waals surface area contributed by atoms with Crippen LogP contribution in [0.4, 0.5) is 11.5 Å². The van der Waals surface area contributed by atoms with E-state index in [0.29, 0.717) is 23.0 Å². The summed E-state index contributed by atoms with van der Waals surface area (Å²) in [6.07, 6.45) is 0. The molecule has 7 nitrogen and oxygen atoms in total. The molecule has 0 saturated heterocycles. The first-order chi connectivity index (χ1) is 12.0. The molecule has 1 aromatic carbocycles. The van der Waals surface area contributed by atoms with Gasteiger partial charge in [0, 0.05) is 6.54 Å². The van der Waals surface area contributed by atoms with E-state index in [1.807, 2.05) is 0 Å². The zero-order valence-electron chi connectivity index (χ0n) is 14.6. The fourth-order valence-corrected chi connectivity index (χ4v) is 2.02. The molecular formula is C18H22N4O3. The summed E-state index contributed by atoms with van der Waals surface area (Å²) < 4.78 is 4.99. The van der Waals surface area contributed by atoms with Crippen LogP contribution in [-0.4, -0.2) is 35.2 Å². The number of carbonyl (C=O) groups excluding carboxylic acids is 2. The smallest absolute Gasteiger partial charge is 0.340 e. The number of rotatable bonds is 7. The van der Waals surface area contributed by atoms with Gasteiger partial charge in [-0.15, -0.1) is 10.2 Å². The van der Waals surface area contributed by atoms with E-state index in [9.17, 15) is 9.59 Å². The molecule has 25 heavy (non-hydrogen) atoms. The van der Waals surface area contributed by atoms with Gasteiger partial charge >= 0.3 is 5.97 Å². The second-order valence-corrected chi connectivity index (χ2v) is 5.80. The molecule has 1 heterocycles. The number of carbonyl (C=O) groups is 2. The van der Waals surface area contributed by atoms with Gasteiger partial charge in [0.1, 0.15) is 5.82 Å². The minimum absolute atomic E-state index is 0.161. The van der Waals surface area contributed by atoms with Crippen LogP contribution in [0.1, 0.15) is 41.6 Å². The molecule has 132 valence electrons. The molecule has 0 radical (unpaired) electrons. The lowest BCUT2D eigenvalue weighted by molar-refractivity contribution is 0.0527. The minimum atomic E-state index is -0.488. The van der Waals surface area contributed by atoms with Gasteiger partial charge in [-0.3, -0.25) is 4.79 Å². The van der Waals surface area contributed by atoms with Crippen LogP contribution in [0.3, 0.4) is 0 Å². The molecule has 0 unspecified atom stereocenters. The van der Waals surface area contributed by atoms with Crippen molar-refractivity contribution in [2.75, 3.05) is 23.8 Å². The molecule has 7 heteroatoms. The molecule has 0 saturated carbocycles. The van der Waals surface area contributed by atoms with Crippen molar-refractivity contribution in [1.82, 2.24) is 10.2 Å². The molecular weight excluding hydrogens is 320 g/mol. The highest BCUT2D eigenvalue weighted by Gasteiger charge is 2.15. The molecule has 0 atom stereocenters. The molecule has 2 aromatic rings. The van der Waals surface area contributed by atoms with Crippen molar-refractivity contribution < 1.29 is 14.3 Å². The van der Waals surface area contributed by atoms with Crippen molar-refractivity contribution in [2.24, 2.45) is 5.92 Å². The predicted molar refractivity (Wildman–Crippen MR) is 95.7 cm³/mol. The molecule has 0 aliphatic heterocycles. The van der Waals surface area contributed by atoms with Crippen LogP contribution in [-0.2, 0) is 4.74 Å². The van der Waals surface area contributed by atoms with Gasteiger partial charge in [0.05, 0.1) is 17.9 Å². The molecule has 0 bridgehead atoms. The summed E-state index contributed by atoms with van der Waals surface area (Å²) in [6, 6.07) is 9.94. The Morgan fingerprint density at radius 3 is 2.52 bits per heavy atom. The Labute approximate surface area is 146 Å². The zero-order chi connectivity index (χ0) is 18.2. The van der Waals surface area contributed by atoms with Gasteiger partial charge in [0.2, 0.25) is 0 Å². The lowest BCUT2D eigenvalue weighted by Gasteiger charge is -2.10. The van der Waals surface area contributed by atoms with Crippen molar-refractivity contribution in [3.8, 4) is 0 Å². The summed E-state index contributed by atoms with van der Waals surface area (Å²) in [6.45, 7) is 6.93. The highest BCUT2D eigenvalue weighted by molar-refractivity contribution is 6.07. The van der Waals surface area contributed by atoms with Crippen LogP contribution in [0.25, 0.3) is 0 Å². The van der Waals surface area contributed by atoms with E-state index in [4.69, 9.17) is 4.74 Å². The predicted octanol–water partition coefficient (Wildman–Crippen LogP) is 2.97. The maximum Gasteiger partial charge on any atom is 0.340 e. The number of benzene rings is 1. The third-order valence-corrected chi connectivity index (χ3v) is 3.26. The van der Waals surface area contributed by atoms with Gasteiger partial charge in [-0.25, -0.2) is 4.79 Å². The highest BCUT2D eigenvalue weighted by atomic mass is 16.5. The standard InChI is InChI=1S/C18H22N4O3/c1-4-25-18(24)13-7-5-6-8-14(13)20-17(23)15-9-10-16(22-21-15)19-11-12(2)3/h5-10,12H,4,11H2,1-3H3,(H,19,22)(H,20,23). The van der Waals surface area contributed by atoms with Crippen LogP contribution in [0.15, 0.2) is 36.4 Å². The maximum atomic E-state index is 12.3. The second-order valence-electron chi connectivity index (χ2n) is 5.80. The Morgan fingerprint density at radius 1 is 1.12 bits per heavy atom.